The molecule has 112 heavy (non-hydrogen) atoms. The first kappa shape index (κ1) is 110. The molecule has 0 aromatic carbocycles. The van der Waals surface area contributed by atoms with Crippen LogP contribution in [0.1, 0.15) is 498 Å². The van der Waals surface area contributed by atoms with Gasteiger partial charge >= 0.3 is 39.5 Å². The summed E-state index contributed by atoms with van der Waals surface area (Å²) in [5.74, 6) is 0.254. The molecule has 0 bridgehead atoms. The van der Waals surface area contributed by atoms with Crippen molar-refractivity contribution in [2.24, 2.45) is 17.8 Å². The van der Waals surface area contributed by atoms with E-state index >= 15 is 0 Å². The molecule has 0 amide bonds. The van der Waals surface area contributed by atoms with E-state index < -0.39 is 97.5 Å². The second-order valence-electron chi connectivity index (χ2n) is 34.8. The molecule has 0 aromatic rings. The number of ether oxygens (including phenoxy) is 4. The maximum absolute atomic E-state index is 13.2. The zero-order valence-corrected chi connectivity index (χ0v) is 75.9. The first-order chi connectivity index (χ1) is 54.2. The van der Waals surface area contributed by atoms with Crippen molar-refractivity contribution < 1.29 is 80.2 Å². The molecule has 666 valence electrons. The van der Waals surface area contributed by atoms with E-state index in [9.17, 15) is 43.2 Å². The van der Waals surface area contributed by atoms with E-state index in [1.807, 2.05) is 0 Å². The van der Waals surface area contributed by atoms with E-state index in [-0.39, 0.29) is 25.7 Å². The molecular formula is C93H182O17P2. The van der Waals surface area contributed by atoms with Gasteiger partial charge in [-0.15, -0.1) is 0 Å². The minimum Gasteiger partial charge on any atom is -0.462 e. The van der Waals surface area contributed by atoms with Gasteiger partial charge in [-0.1, -0.05) is 447 Å². The lowest BCUT2D eigenvalue weighted by Crippen LogP contribution is -2.30. The van der Waals surface area contributed by atoms with Crippen molar-refractivity contribution in [1.29, 1.82) is 0 Å². The Hall–Kier alpha value is -1.94. The highest BCUT2D eigenvalue weighted by atomic mass is 31.2. The van der Waals surface area contributed by atoms with Crippen molar-refractivity contribution in [2.45, 2.75) is 516 Å². The molecule has 0 fully saturated rings. The average molecular weight is 1630 g/mol. The van der Waals surface area contributed by atoms with Crippen molar-refractivity contribution in [1.82, 2.24) is 0 Å². The number of aliphatic hydroxyl groups excluding tert-OH is 1. The lowest BCUT2D eigenvalue weighted by Gasteiger charge is -2.21. The molecule has 0 saturated heterocycles. The van der Waals surface area contributed by atoms with Crippen LogP contribution in [-0.2, 0) is 65.4 Å². The Morgan fingerprint density at radius 3 is 0.607 bits per heavy atom. The standard InChI is InChI=1S/C93H182O17P2/c1-8-9-10-11-12-13-14-15-16-17-18-19-20-21-26-31-36-41-46-55-62-69-76-92(97)109-88(80-103-90(95)74-67-60-53-45-40-35-30-25-23-22-24-28-33-38-43-50-57-64-71-84(2)3)82-107-111(99,100)105-78-87(94)79-106-112(101,102)108-83-89(81-104-91(96)75-68-61-54-49-48-52-59-66-73-86(6)7)110-93(98)77-70-63-56-47-42-37-32-27-29-34-39-44-51-58-65-72-85(4)5/h84-89,94H,8-83H2,1-7H3,(H,99,100)(H,101,102)/t87-,88-,89-/m1/s1. The van der Waals surface area contributed by atoms with Crippen LogP contribution in [0.2, 0.25) is 0 Å². The van der Waals surface area contributed by atoms with Gasteiger partial charge in [-0.3, -0.25) is 37.3 Å². The maximum Gasteiger partial charge on any atom is 0.472 e. The fourth-order valence-corrected chi connectivity index (χ4v) is 16.2. The second kappa shape index (κ2) is 82.7. The number of unbranched alkanes of at least 4 members (excludes halogenated alkanes) is 59. The maximum atomic E-state index is 13.2. The topological polar surface area (TPSA) is 237 Å². The summed E-state index contributed by atoms with van der Waals surface area (Å²) in [6.45, 7) is 12.0. The summed E-state index contributed by atoms with van der Waals surface area (Å²) in [6.07, 6.45) is 76.6. The number of hydrogen-bond acceptors (Lipinski definition) is 15. The van der Waals surface area contributed by atoms with Crippen molar-refractivity contribution in [3.8, 4) is 0 Å². The normalized spacial score (nSPS) is 13.8. The van der Waals surface area contributed by atoms with Crippen molar-refractivity contribution in [3.05, 3.63) is 0 Å². The van der Waals surface area contributed by atoms with E-state index in [2.05, 4.69) is 48.5 Å². The Labute approximate surface area is 689 Å². The molecule has 0 heterocycles. The fourth-order valence-electron chi connectivity index (χ4n) is 14.6. The number of hydrogen-bond donors (Lipinski definition) is 3. The number of phosphoric acid groups is 2. The van der Waals surface area contributed by atoms with Crippen LogP contribution < -0.4 is 0 Å². The lowest BCUT2D eigenvalue weighted by molar-refractivity contribution is -0.161. The van der Waals surface area contributed by atoms with Crippen molar-refractivity contribution in [2.75, 3.05) is 39.6 Å². The number of phosphoric ester groups is 2. The first-order valence-electron chi connectivity index (χ1n) is 47.8. The molecule has 0 aliphatic heterocycles. The molecule has 0 radical (unpaired) electrons. The Morgan fingerprint density at radius 1 is 0.241 bits per heavy atom. The van der Waals surface area contributed by atoms with Crippen LogP contribution in [0, 0.1) is 17.8 Å². The molecule has 2 unspecified atom stereocenters. The van der Waals surface area contributed by atoms with Gasteiger partial charge in [0.05, 0.1) is 26.4 Å². The predicted molar refractivity (Wildman–Crippen MR) is 465 cm³/mol. The van der Waals surface area contributed by atoms with Crippen LogP contribution in [-0.4, -0.2) is 96.7 Å². The molecule has 0 spiro atoms. The molecule has 5 atom stereocenters. The third-order valence-corrected chi connectivity index (χ3v) is 23.8. The van der Waals surface area contributed by atoms with Gasteiger partial charge in [0.1, 0.15) is 19.3 Å². The van der Waals surface area contributed by atoms with E-state index in [0.717, 1.165) is 108 Å². The van der Waals surface area contributed by atoms with Crippen LogP contribution in [0.15, 0.2) is 0 Å². The van der Waals surface area contributed by atoms with E-state index in [1.165, 1.54) is 308 Å². The van der Waals surface area contributed by atoms with Gasteiger partial charge in [0.25, 0.3) is 0 Å². The summed E-state index contributed by atoms with van der Waals surface area (Å²) in [6, 6.07) is 0. The van der Waals surface area contributed by atoms with Gasteiger partial charge < -0.3 is 33.8 Å². The summed E-state index contributed by atoms with van der Waals surface area (Å²) in [4.78, 5) is 73.5. The molecule has 0 aromatic heterocycles. The molecule has 0 saturated carbocycles. The van der Waals surface area contributed by atoms with Crippen LogP contribution >= 0.6 is 15.6 Å². The van der Waals surface area contributed by atoms with Crippen LogP contribution in [0.3, 0.4) is 0 Å². The Bertz CT molecular complexity index is 2150. The highest BCUT2D eigenvalue weighted by molar-refractivity contribution is 7.47. The smallest absolute Gasteiger partial charge is 0.462 e. The highest BCUT2D eigenvalue weighted by Gasteiger charge is 2.31. The average Bonchev–Trinajstić information content (AvgIpc) is 0.897. The predicted octanol–water partition coefficient (Wildman–Crippen LogP) is 28.8. The number of aliphatic hydroxyl groups is 1. The monoisotopic (exact) mass is 1630 g/mol. The zero-order valence-electron chi connectivity index (χ0n) is 74.2. The minimum atomic E-state index is -4.97. The third-order valence-electron chi connectivity index (χ3n) is 21.9. The number of rotatable bonds is 91. The molecule has 0 aliphatic carbocycles. The molecule has 0 aliphatic rings. The van der Waals surface area contributed by atoms with Gasteiger partial charge in [0, 0.05) is 25.7 Å². The van der Waals surface area contributed by atoms with E-state index in [1.54, 1.807) is 0 Å². The minimum absolute atomic E-state index is 0.107. The zero-order chi connectivity index (χ0) is 82.2. The van der Waals surface area contributed by atoms with Gasteiger partial charge in [0.15, 0.2) is 12.2 Å². The summed E-state index contributed by atoms with van der Waals surface area (Å²) >= 11 is 0. The second-order valence-corrected chi connectivity index (χ2v) is 37.7. The summed E-state index contributed by atoms with van der Waals surface area (Å²) in [5, 5.41) is 10.7. The van der Waals surface area contributed by atoms with Crippen molar-refractivity contribution in [3.63, 3.8) is 0 Å². The first-order valence-corrected chi connectivity index (χ1v) is 50.8. The largest absolute Gasteiger partial charge is 0.472 e. The van der Waals surface area contributed by atoms with Gasteiger partial charge in [-0.25, -0.2) is 9.13 Å². The Kier molecular flexibility index (Phi) is 81.3. The molecule has 17 nitrogen and oxygen atoms in total. The molecule has 3 N–H and O–H groups in total. The molecular weight excluding hydrogens is 1450 g/mol. The highest BCUT2D eigenvalue weighted by Crippen LogP contribution is 2.45. The quantitative estimate of drug-likeness (QED) is 0.0222. The van der Waals surface area contributed by atoms with Gasteiger partial charge in [-0.2, -0.15) is 0 Å². The SMILES string of the molecule is CCCCCCCCCCCCCCCCCCCCCCCCC(=O)O[C@H](COC(=O)CCCCCCCCCCCCCCCCCCCCC(C)C)COP(=O)(O)OC[C@@H](O)COP(=O)(O)OC[C@@H](COC(=O)CCCCCCCCCCC(C)C)OC(=O)CCCCCCCCCCCCCCCCCC(C)C. The van der Waals surface area contributed by atoms with Crippen LogP contribution in [0.5, 0.6) is 0 Å². The molecule has 19 heteroatoms. The van der Waals surface area contributed by atoms with Crippen LogP contribution in [0.4, 0.5) is 0 Å². The summed E-state index contributed by atoms with van der Waals surface area (Å²) < 4.78 is 69.1. The Morgan fingerprint density at radius 2 is 0.411 bits per heavy atom. The van der Waals surface area contributed by atoms with Gasteiger partial charge in [0.2, 0.25) is 0 Å². The fraction of sp³-hybridized carbons (Fsp3) is 0.957. The van der Waals surface area contributed by atoms with Gasteiger partial charge in [-0.05, 0) is 43.4 Å². The number of esters is 4. The van der Waals surface area contributed by atoms with Crippen LogP contribution in [0.25, 0.3) is 0 Å². The Balaban J connectivity index is 5.23. The van der Waals surface area contributed by atoms with Crippen molar-refractivity contribution >= 4 is 39.5 Å². The third kappa shape index (κ3) is 85.9. The summed E-state index contributed by atoms with van der Waals surface area (Å²) in [5.41, 5.74) is 0. The van der Waals surface area contributed by atoms with E-state index in [4.69, 9.17) is 37.0 Å². The summed E-state index contributed by atoms with van der Waals surface area (Å²) in [7, 11) is -9.94. The van der Waals surface area contributed by atoms with E-state index in [0.29, 0.717) is 25.7 Å². The number of carbonyl (C=O) groups excluding carboxylic acids is 4. The molecule has 0 rings (SSSR count). The number of carbonyl (C=O) groups is 4. The lowest BCUT2D eigenvalue weighted by atomic mass is 10.0.